The van der Waals surface area contributed by atoms with Crippen LogP contribution in [0.5, 0.6) is 0 Å². The maximum absolute atomic E-state index is 5.32. The maximum atomic E-state index is 5.32. The molecule has 0 amide bonds. The van der Waals surface area contributed by atoms with Crippen molar-refractivity contribution in [2.24, 2.45) is 0 Å². The summed E-state index contributed by atoms with van der Waals surface area (Å²) in [6, 6.07) is 2.13. The average molecular weight is 232 g/mol. The molecule has 0 saturated carbocycles. The first-order chi connectivity index (χ1) is 6.86. The van der Waals surface area contributed by atoms with Gasteiger partial charge in [-0.05, 0) is 18.4 Å². The van der Waals surface area contributed by atoms with Crippen molar-refractivity contribution >= 4 is 23.1 Å². The summed E-state index contributed by atoms with van der Waals surface area (Å²) < 4.78 is 10.6. The van der Waals surface area contributed by atoms with Crippen LogP contribution in [0.3, 0.4) is 0 Å². The predicted octanol–water partition coefficient (Wildman–Crippen LogP) is 2.89. The van der Waals surface area contributed by atoms with Crippen LogP contribution in [0, 0.1) is 0 Å². The number of thiophene rings is 1. The van der Waals surface area contributed by atoms with Crippen molar-refractivity contribution in [3.63, 3.8) is 0 Å². The van der Waals surface area contributed by atoms with E-state index in [1.165, 1.54) is 4.90 Å². The Labute approximate surface area is 93.6 Å². The van der Waals surface area contributed by atoms with Crippen LogP contribution in [-0.4, -0.2) is 32.2 Å². The minimum Gasteiger partial charge on any atom is -0.379 e. The fourth-order valence-corrected chi connectivity index (χ4v) is 2.77. The largest absolute Gasteiger partial charge is 0.379 e. The van der Waals surface area contributed by atoms with E-state index in [-0.39, 0.29) is 6.10 Å². The van der Waals surface area contributed by atoms with E-state index in [1.807, 2.05) is 18.7 Å². The van der Waals surface area contributed by atoms with Crippen molar-refractivity contribution in [3.05, 3.63) is 16.8 Å². The summed E-state index contributed by atoms with van der Waals surface area (Å²) in [4.78, 5) is 1.31. The van der Waals surface area contributed by atoms with Crippen LogP contribution in [0.25, 0.3) is 0 Å². The van der Waals surface area contributed by atoms with E-state index in [4.69, 9.17) is 9.47 Å². The molecule has 1 rings (SSSR count). The van der Waals surface area contributed by atoms with Gasteiger partial charge in [-0.1, -0.05) is 0 Å². The molecule has 1 aromatic heterocycles. The Balaban J connectivity index is 2.20. The highest BCUT2D eigenvalue weighted by Crippen LogP contribution is 2.21. The van der Waals surface area contributed by atoms with Crippen molar-refractivity contribution < 1.29 is 9.47 Å². The summed E-state index contributed by atoms with van der Waals surface area (Å²) in [5.41, 5.74) is 0. The molecule has 0 saturated heterocycles. The minimum absolute atomic E-state index is 0.194. The number of methoxy groups -OCH3 is 1. The van der Waals surface area contributed by atoms with Gasteiger partial charge in [0.05, 0.1) is 12.7 Å². The molecular weight excluding hydrogens is 216 g/mol. The zero-order valence-corrected chi connectivity index (χ0v) is 10.2. The molecule has 0 fully saturated rings. The second-order valence-electron chi connectivity index (χ2n) is 2.79. The Morgan fingerprint density at radius 2 is 2.43 bits per heavy atom. The first-order valence-corrected chi connectivity index (χ1v) is 6.55. The van der Waals surface area contributed by atoms with Crippen LogP contribution in [-0.2, 0) is 9.47 Å². The van der Waals surface area contributed by atoms with Gasteiger partial charge < -0.3 is 9.47 Å². The predicted molar refractivity (Wildman–Crippen MR) is 62.3 cm³/mol. The highest BCUT2D eigenvalue weighted by molar-refractivity contribution is 7.99. The first-order valence-electron chi connectivity index (χ1n) is 4.62. The number of ether oxygens (including phenoxy) is 2. The van der Waals surface area contributed by atoms with E-state index in [0.29, 0.717) is 6.61 Å². The van der Waals surface area contributed by atoms with E-state index in [2.05, 4.69) is 16.8 Å². The summed E-state index contributed by atoms with van der Waals surface area (Å²) >= 11 is 3.54. The summed E-state index contributed by atoms with van der Waals surface area (Å²) in [6.45, 7) is 3.44. The van der Waals surface area contributed by atoms with E-state index in [1.54, 1.807) is 18.4 Å². The van der Waals surface area contributed by atoms with Gasteiger partial charge in [-0.2, -0.15) is 11.3 Å². The minimum atomic E-state index is 0.194. The monoisotopic (exact) mass is 232 g/mol. The molecule has 14 heavy (non-hydrogen) atoms. The highest BCUT2D eigenvalue weighted by atomic mass is 32.2. The smallest absolute Gasteiger partial charge is 0.0898 e. The van der Waals surface area contributed by atoms with E-state index < -0.39 is 0 Å². The molecule has 0 aliphatic rings. The van der Waals surface area contributed by atoms with Crippen molar-refractivity contribution in [2.75, 3.05) is 26.1 Å². The van der Waals surface area contributed by atoms with Gasteiger partial charge in [-0.15, -0.1) is 11.8 Å². The van der Waals surface area contributed by atoms with Gasteiger partial charge in [-0.25, -0.2) is 0 Å². The lowest BCUT2D eigenvalue weighted by atomic mass is 10.4. The normalized spacial score (nSPS) is 13.0. The lowest BCUT2D eigenvalue weighted by Crippen LogP contribution is -2.20. The Hall–Kier alpha value is -0.0300. The maximum Gasteiger partial charge on any atom is 0.0898 e. The lowest BCUT2D eigenvalue weighted by molar-refractivity contribution is 0.0258. The molecule has 0 aliphatic heterocycles. The summed E-state index contributed by atoms with van der Waals surface area (Å²) in [5, 5.41) is 4.24. The first kappa shape index (κ1) is 12.0. The third kappa shape index (κ3) is 4.46. The molecule has 1 heterocycles. The van der Waals surface area contributed by atoms with Crippen LogP contribution in [0.2, 0.25) is 0 Å². The summed E-state index contributed by atoms with van der Waals surface area (Å²) in [5.74, 6) is 0.952. The zero-order valence-electron chi connectivity index (χ0n) is 8.56. The molecule has 80 valence electrons. The van der Waals surface area contributed by atoms with E-state index >= 15 is 0 Å². The fraction of sp³-hybridized carbons (Fsp3) is 0.600. The molecule has 1 atom stereocenters. The Morgan fingerprint density at radius 1 is 1.57 bits per heavy atom. The van der Waals surface area contributed by atoms with Gasteiger partial charge in [0, 0.05) is 29.7 Å². The SMILES string of the molecule is CCOCC(CSc1ccsc1)OC. The Morgan fingerprint density at radius 3 is 3.00 bits per heavy atom. The van der Waals surface area contributed by atoms with Gasteiger partial charge in [0.15, 0.2) is 0 Å². The van der Waals surface area contributed by atoms with Crippen LogP contribution in [0.1, 0.15) is 6.92 Å². The number of hydrogen-bond acceptors (Lipinski definition) is 4. The lowest BCUT2D eigenvalue weighted by Gasteiger charge is -2.13. The second-order valence-corrected chi connectivity index (χ2v) is 4.66. The topological polar surface area (TPSA) is 18.5 Å². The van der Waals surface area contributed by atoms with Gasteiger partial charge in [-0.3, -0.25) is 0 Å². The van der Waals surface area contributed by atoms with Crippen molar-refractivity contribution in [2.45, 2.75) is 17.9 Å². The molecular formula is C10H16O2S2. The molecule has 1 aromatic rings. The Kier molecular flexibility index (Phi) is 6.27. The highest BCUT2D eigenvalue weighted by Gasteiger charge is 2.07. The molecule has 0 aromatic carbocycles. The van der Waals surface area contributed by atoms with E-state index in [9.17, 15) is 0 Å². The quantitative estimate of drug-likeness (QED) is 0.673. The van der Waals surface area contributed by atoms with Crippen molar-refractivity contribution in [3.8, 4) is 0 Å². The van der Waals surface area contributed by atoms with Crippen LogP contribution < -0.4 is 0 Å². The molecule has 0 N–H and O–H groups in total. The number of hydrogen-bond donors (Lipinski definition) is 0. The molecule has 0 aliphatic carbocycles. The number of thioether (sulfide) groups is 1. The van der Waals surface area contributed by atoms with Gasteiger partial charge in [0.1, 0.15) is 0 Å². The molecule has 0 radical (unpaired) electrons. The Bertz CT molecular complexity index is 224. The van der Waals surface area contributed by atoms with Gasteiger partial charge in [0.25, 0.3) is 0 Å². The van der Waals surface area contributed by atoms with Crippen LogP contribution in [0.4, 0.5) is 0 Å². The number of rotatable bonds is 7. The van der Waals surface area contributed by atoms with Crippen LogP contribution in [0.15, 0.2) is 21.7 Å². The zero-order chi connectivity index (χ0) is 10.2. The third-order valence-electron chi connectivity index (χ3n) is 1.77. The fourth-order valence-electron chi connectivity index (χ4n) is 0.957. The molecule has 2 nitrogen and oxygen atoms in total. The van der Waals surface area contributed by atoms with Gasteiger partial charge >= 0.3 is 0 Å². The summed E-state index contributed by atoms with van der Waals surface area (Å²) in [7, 11) is 1.73. The van der Waals surface area contributed by atoms with Crippen molar-refractivity contribution in [1.82, 2.24) is 0 Å². The molecule has 0 spiro atoms. The summed E-state index contributed by atoms with van der Waals surface area (Å²) in [6.07, 6.45) is 0.194. The van der Waals surface area contributed by atoms with Crippen molar-refractivity contribution in [1.29, 1.82) is 0 Å². The average Bonchev–Trinajstić information content (AvgIpc) is 2.71. The third-order valence-corrected chi connectivity index (χ3v) is 3.73. The molecule has 1 unspecified atom stereocenters. The standard InChI is InChI=1S/C10H16O2S2/c1-3-12-6-9(11-2)7-14-10-4-5-13-8-10/h4-5,8-9H,3,6-7H2,1-2H3. The van der Waals surface area contributed by atoms with Crippen LogP contribution >= 0.6 is 23.1 Å². The molecule has 0 bridgehead atoms. The molecule has 4 heteroatoms. The second kappa shape index (κ2) is 7.29. The van der Waals surface area contributed by atoms with Gasteiger partial charge in [0.2, 0.25) is 0 Å². The van der Waals surface area contributed by atoms with E-state index in [0.717, 1.165) is 12.4 Å².